The minimum Gasteiger partial charge on any atom is -0.454 e. The smallest absolute Gasteiger partial charge is 0.251 e. The van der Waals surface area contributed by atoms with Gasteiger partial charge in [-0.1, -0.05) is 12.1 Å². The van der Waals surface area contributed by atoms with Crippen molar-refractivity contribution in [3.8, 4) is 11.5 Å². The van der Waals surface area contributed by atoms with Gasteiger partial charge in [-0.25, -0.2) is 8.42 Å². The van der Waals surface area contributed by atoms with Crippen molar-refractivity contribution in [1.82, 2.24) is 5.32 Å². The summed E-state index contributed by atoms with van der Waals surface area (Å²) in [6.45, 7) is 2.20. The molecule has 0 saturated carbocycles. The molecule has 6 nitrogen and oxygen atoms in total. The van der Waals surface area contributed by atoms with Crippen LogP contribution in [-0.2, 0) is 16.4 Å². The molecule has 7 heteroatoms. The first-order valence-corrected chi connectivity index (χ1v) is 9.21. The van der Waals surface area contributed by atoms with Crippen LogP contribution in [0.5, 0.6) is 11.5 Å². The van der Waals surface area contributed by atoms with Crippen LogP contribution < -0.4 is 14.8 Å². The van der Waals surface area contributed by atoms with Crippen molar-refractivity contribution < 1.29 is 22.7 Å². The molecule has 0 aromatic heterocycles. The first-order valence-electron chi connectivity index (χ1n) is 7.32. The van der Waals surface area contributed by atoms with Crippen molar-refractivity contribution in [3.05, 3.63) is 53.1 Å². The van der Waals surface area contributed by atoms with Crippen LogP contribution >= 0.6 is 0 Å². The molecule has 1 amide bonds. The van der Waals surface area contributed by atoms with Gasteiger partial charge in [0.1, 0.15) is 0 Å². The highest BCUT2D eigenvalue weighted by atomic mass is 32.2. The number of carbonyl (C=O) groups excluding carboxylic acids is 1. The van der Waals surface area contributed by atoms with Crippen LogP contribution in [0.15, 0.2) is 41.3 Å². The summed E-state index contributed by atoms with van der Waals surface area (Å²) in [6.07, 6.45) is 1.13. The Morgan fingerprint density at radius 2 is 1.88 bits per heavy atom. The number of carbonyl (C=O) groups is 1. The average Bonchev–Trinajstić information content (AvgIpc) is 2.99. The molecule has 0 unspecified atom stereocenters. The van der Waals surface area contributed by atoms with Crippen LogP contribution in [-0.4, -0.2) is 27.4 Å². The lowest BCUT2D eigenvalue weighted by molar-refractivity contribution is 0.0950. The lowest BCUT2D eigenvalue weighted by Crippen LogP contribution is -2.23. The highest BCUT2D eigenvalue weighted by Crippen LogP contribution is 2.32. The standard InChI is InChI=1S/C17H17NO5S/c1-11-3-5-13(8-16(11)24(2,20)21)17(19)18-9-12-4-6-14-15(7-12)23-10-22-14/h3-8H,9-10H2,1-2H3,(H,18,19). The van der Waals surface area contributed by atoms with Gasteiger partial charge in [-0.3, -0.25) is 4.79 Å². The third-order valence-corrected chi connectivity index (χ3v) is 4.98. The van der Waals surface area contributed by atoms with E-state index >= 15 is 0 Å². The number of sulfone groups is 1. The fourth-order valence-corrected chi connectivity index (χ4v) is 3.47. The second-order valence-corrected chi connectivity index (χ2v) is 7.61. The Morgan fingerprint density at radius 3 is 2.62 bits per heavy atom. The quantitative estimate of drug-likeness (QED) is 0.915. The van der Waals surface area contributed by atoms with E-state index in [0.29, 0.717) is 29.2 Å². The number of hydrogen-bond acceptors (Lipinski definition) is 5. The number of amides is 1. The fraction of sp³-hybridized carbons (Fsp3) is 0.235. The second-order valence-electron chi connectivity index (χ2n) is 5.62. The summed E-state index contributed by atoms with van der Waals surface area (Å²) in [5, 5.41) is 2.77. The molecule has 2 aromatic rings. The molecule has 0 radical (unpaired) electrons. The van der Waals surface area contributed by atoms with Gasteiger partial charge in [0.05, 0.1) is 4.90 Å². The molecule has 1 aliphatic heterocycles. The average molecular weight is 347 g/mol. The molecule has 2 aromatic carbocycles. The van der Waals surface area contributed by atoms with E-state index in [2.05, 4.69) is 5.32 Å². The number of benzene rings is 2. The number of rotatable bonds is 4. The maximum absolute atomic E-state index is 12.3. The Morgan fingerprint density at radius 1 is 1.12 bits per heavy atom. The Labute approximate surface area is 140 Å². The molecule has 1 N–H and O–H groups in total. The van der Waals surface area contributed by atoms with Gasteiger partial charge in [0.15, 0.2) is 21.3 Å². The molecule has 0 spiro atoms. The molecule has 0 saturated heterocycles. The van der Waals surface area contributed by atoms with Crippen molar-refractivity contribution >= 4 is 15.7 Å². The zero-order valence-electron chi connectivity index (χ0n) is 13.3. The molecule has 3 rings (SSSR count). The van der Waals surface area contributed by atoms with E-state index in [1.807, 2.05) is 6.07 Å². The lowest BCUT2D eigenvalue weighted by atomic mass is 10.1. The Bertz CT molecular complexity index is 905. The van der Waals surface area contributed by atoms with Crippen LogP contribution in [0.2, 0.25) is 0 Å². The van der Waals surface area contributed by atoms with Gasteiger partial charge in [0.25, 0.3) is 5.91 Å². The first-order chi connectivity index (χ1) is 11.3. The summed E-state index contributed by atoms with van der Waals surface area (Å²) in [6, 6.07) is 10.1. The van der Waals surface area contributed by atoms with E-state index in [-0.39, 0.29) is 17.6 Å². The lowest BCUT2D eigenvalue weighted by Gasteiger charge is -2.09. The summed E-state index contributed by atoms with van der Waals surface area (Å²) in [5.41, 5.74) is 1.79. The molecule has 126 valence electrons. The van der Waals surface area contributed by atoms with Crippen LogP contribution in [0.1, 0.15) is 21.5 Å². The highest BCUT2D eigenvalue weighted by molar-refractivity contribution is 7.90. The normalized spacial score (nSPS) is 12.9. The van der Waals surface area contributed by atoms with Gasteiger partial charge in [0.2, 0.25) is 6.79 Å². The summed E-state index contributed by atoms with van der Waals surface area (Å²) in [5.74, 6) is 0.996. The predicted octanol–water partition coefficient (Wildman–Crippen LogP) is 2.06. The van der Waals surface area contributed by atoms with Gasteiger partial charge in [-0.15, -0.1) is 0 Å². The molecule has 0 atom stereocenters. The maximum Gasteiger partial charge on any atom is 0.251 e. The fourth-order valence-electron chi connectivity index (χ4n) is 2.48. The van der Waals surface area contributed by atoms with E-state index in [0.717, 1.165) is 11.8 Å². The Hall–Kier alpha value is -2.54. The largest absolute Gasteiger partial charge is 0.454 e. The van der Waals surface area contributed by atoms with Gasteiger partial charge >= 0.3 is 0 Å². The monoisotopic (exact) mass is 347 g/mol. The third kappa shape index (κ3) is 3.35. The highest BCUT2D eigenvalue weighted by Gasteiger charge is 2.16. The summed E-state index contributed by atoms with van der Waals surface area (Å²) < 4.78 is 34.1. The minimum atomic E-state index is -3.37. The number of hydrogen-bond donors (Lipinski definition) is 1. The maximum atomic E-state index is 12.3. The molecule has 1 aliphatic rings. The van der Waals surface area contributed by atoms with Gasteiger partial charge in [-0.2, -0.15) is 0 Å². The van der Waals surface area contributed by atoms with Crippen LogP contribution in [0.4, 0.5) is 0 Å². The number of ether oxygens (including phenoxy) is 2. The van der Waals surface area contributed by atoms with E-state index < -0.39 is 9.84 Å². The SMILES string of the molecule is Cc1ccc(C(=O)NCc2ccc3c(c2)OCO3)cc1S(C)(=O)=O. The Balaban J connectivity index is 1.74. The van der Waals surface area contributed by atoms with Crippen LogP contribution in [0, 0.1) is 6.92 Å². The molecule has 0 fully saturated rings. The zero-order chi connectivity index (χ0) is 17.3. The van der Waals surface area contributed by atoms with Crippen molar-refractivity contribution in [2.24, 2.45) is 0 Å². The summed E-state index contributed by atoms with van der Waals surface area (Å²) in [4.78, 5) is 12.4. The summed E-state index contributed by atoms with van der Waals surface area (Å²) >= 11 is 0. The van der Waals surface area contributed by atoms with E-state index in [1.165, 1.54) is 6.07 Å². The zero-order valence-corrected chi connectivity index (χ0v) is 14.1. The van der Waals surface area contributed by atoms with Crippen LogP contribution in [0.3, 0.4) is 0 Å². The number of fused-ring (bicyclic) bond motifs is 1. The van der Waals surface area contributed by atoms with Crippen molar-refractivity contribution in [1.29, 1.82) is 0 Å². The summed E-state index contributed by atoms with van der Waals surface area (Å²) in [7, 11) is -3.37. The van der Waals surface area contributed by atoms with Gasteiger partial charge in [0, 0.05) is 18.4 Å². The molecular formula is C17H17NO5S. The van der Waals surface area contributed by atoms with E-state index in [1.54, 1.807) is 31.2 Å². The molecule has 0 aliphatic carbocycles. The van der Waals surface area contributed by atoms with Gasteiger partial charge in [-0.05, 0) is 42.3 Å². The third-order valence-electron chi connectivity index (χ3n) is 3.74. The molecule has 0 bridgehead atoms. The number of nitrogens with one attached hydrogen (secondary N) is 1. The number of aryl methyl sites for hydroxylation is 1. The Kier molecular flexibility index (Phi) is 4.19. The minimum absolute atomic E-state index is 0.165. The first kappa shape index (κ1) is 16.3. The van der Waals surface area contributed by atoms with Crippen molar-refractivity contribution in [3.63, 3.8) is 0 Å². The molecule has 1 heterocycles. The second kappa shape index (κ2) is 6.16. The topological polar surface area (TPSA) is 81.7 Å². The van der Waals surface area contributed by atoms with Crippen LogP contribution in [0.25, 0.3) is 0 Å². The van der Waals surface area contributed by atoms with E-state index in [9.17, 15) is 13.2 Å². The molecular weight excluding hydrogens is 330 g/mol. The van der Waals surface area contributed by atoms with Crippen molar-refractivity contribution in [2.75, 3.05) is 13.0 Å². The van der Waals surface area contributed by atoms with Gasteiger partial charge < -0.3 is 14.8 Å². The van der Waals surface area contributed by atoms with Crippen molar-refractivity contribution in [2.45, 2.75) is 18.4 Å². The predicted molar refractivity (Wildman–Crippen MR) is 88.0 cm³/mol. The van der Waals surface area contributed by atoms with E-state index in [4.69, 9.17) is 9.47 Å². The molecule has 24 heavy (non-hydrogen) atoms.